The molecule has 2 aromatic rings. The third-order valence-electron chi connectivity index (χ3n) is 2.82. The predicted molar refractivity (Wildman–Crippen MR) is 87.5 cm³/mol. The summed E-state index contributed by atoms with van der Waals surface area (Å²) < 4.78 is 17.2. The highest BCUT2D eigenvalue weighted by atomic mass is 79.9. The van der Waals surface area contributed by atoms with Crippen LogP contribution >= 0.6 is 15.9 Å². The Hall–Kier alpha value is -2.21. The second-order valence-electron chi connectivity index (χ2n) is 4.30. The van der Waals surface area contributed by atoms with Crippen molar-refractivity contribution in [2.45, 2.75) is 0 Å². The van der Waals surface area contributed by atoms with Crippen LogP contribution in [0, 0.1) is 0 Å². The number of hydrogen-bond acceptors (Lipinski definition) is 5. The number of rotatable bonds is 7. The molecule has 2 rings (SSSR count). The van der Waals surface area contributed by atoms with Crippen LogP contribution in [0.1, 0.15) is 5.56 Å². The van der Waals surface area contributed by atoms with Gasteiger partial charge in [0.2, 0.25) is 0 Å². The summed E-state index contributed by atoms with van der Waals surface area (Å²) in [6, 6.07) is 12.8. The van der Waals surface area contributed by atoms with Crippen molar-refractivity contribution in [2.24, 2.45) is 5.16 Å². The minimum absolute atomic E-state index is 0.366. The molecular weight excluding hydrogens is 350 g/mol. The van der Waals surface area contributed by atoms with Gasteiger partial charge in [-0.2, -0.15) is 0 Å². The van der Waals surface area contributed by atoms with E-state index in [1.807, 2.05) is 30.3 Å². The van der Waals surface area contributed by atoms with Crippen LogP contribution in [-0.4, -0.2) is 31.7 Å². The molecule has 1 N–H and O–H groups in total. The van der Waals surface area contributed by atoms with E-state index in [0.29, 0.717) is 24.5 Å². The fourth-order valence-corrected chi connectivity index (χ4v) is 2.19. The molecule has 0 radical (unpaired) electrons. The van der Waals surface area contributed by atoms with Gasteiger partial charge in [-0.05, 0) is 30.3 Å². The van der Waals surface area contributed by atoms with E-state index in [0.717, 1.165) is 16.0 Å². The van der Waals surface area contributed by atoms with E-state index in [1.54, 1.807) is 19.2 Å². The van der Waals surface area contributed by atoms with Gasteiger partial charge in [0.25, 0.3) is 0 Å². The van der Waals surface area contributed by atoms with Crippen molar-refractivity contribution < 1.29 is 19.4 Å². The average Bonchev–Trinajstić information content (AvgIpc) is 2.54. The molecule has 0 heterocycles. The number of nitrogens with zero attached hydrogens (tertiary/aromatic N) is 1. The van der Waals surface area contributed by atoms with E-state index < -0.39 is 0 Å². The average molecular weight is 366 g/mol. The zero-order valence-electron chi connectivity index (χ0n) is 12.0. The Balaban J connectivity index is 1.88. The first-order valence-corrected chi connectivity index (χ1v) is 7.39. The number of methoxy groups -OCH3 is 1. The lowest BCUT2D eigenvalue weighted by Gasteiger charge is -2.11. The van der Waals surface area contributed by atoms with Crippen molar-refractivity contribution in [3.05, 3.63) is 52.5 Å². The standard InChI is InChI=1S/C16H16BrNO4/c1-20-14-3-2-4-15(10-14)21-7-8-22-16-6-5-13(17)9-12(16)11-18-19/h2-6,9-11,19H,7-8H2,1H3. The van der Waals surface area contributed by atoms with Gasteiger partial charge in [0, 0.05) is 16.1 Å². The van der Waals surface area contributed by atoms with Crippen LogP contribution in [0.15, 0.2) is 52.1 Å². The van der Waals surface area contributed by atoms with Gasteiger partial charge in [-0.1, -0.05) is 27.2 Å². The normalized spacial score (nSPS) is 10.6. The molecule has 22 heavy (non-hydrogen) atoms. The summed E-state index contributed by atoms with van der Waals surface area (Å²) in [5, 5.41) is 11.7. The van der Waals surface area contributed by atoms with Crippen LogP contribution in [0.25, 0.3) is 0 Å². The van der Waals surface area contributed by atoms with Crippen LogP contribution in [0.5, 0.6) is 17.2 Å². The molecule has 0 aromatic heterocycles. The van der Waals surface area contributed by atoms with Crippen LogP contribution in [0.3, 0.4) is 0 Å². The highest BCUT2D eigenvalue weighted by molar-refractivity contribution is 9.10. The first kappa shape index (κ1) is 16.2. The first-order chi connectivity index (χ1) is 10.7. The molecule has 0 aliphatic carbocycles. The van der Waals surface area contributed by atoms with Crippen LogP contribution < -0.4 is 14.2 Å². The number of ether oxygens (including phenoxy) is 3. The van der Waals surface area contributed by atoms with E-state index in [9.17, 15) is 0 Å². The fraction of sp³-hybridized carbons (Fsp3) is 0.188. The maximum atomic E-state index is 8.67. The molecule has 5 nitrogen and oxygen atoms in total. The van der Waals surface area contributed by atoms with Gasteiger partial charge in [0.05, 0.1) is 13.3 Å². The zero-order valence-corrected chi connectivity index (χ0v) is 13.6. The Morgan fingerprint density at radius 1 is 1.09 bits per heavy atom. The van der Waals surface area contributed by atoms with Crippen molar-refractivity contribution in [3.8, 4) is 17.2 Å². The number of halogens is 1. The predicted octanol–water partition coefficient (Wildman–Crippen LogP) is 3.72. The molecule has 0 amide bonds. The van der Waals surface area contributed by atoms with Crippen LogP contribution in [0.4, 0.5) is 0 Å². The zero-order chi connectivity index (χ0) is 15.8. The topological polar surface area (TPSA) is 60.3 Å². The summed E-state index contributed by atoms with van der Waals surface area (Å²) in [4.78, 5) is 0. The van der Waals surface area contributed by atoms with Crippen molar-refractivity contribution >= 4 is 22.1 Å². The molecule has 0 saturated heterocycles. The summed E-state index contributed by atoms with van der Waals surface area (Å²) in [6.45, 7) is 0.754. The van der Waals surface area contributed by atoms with E-state index in [-0.39, 0.29) is 0 Å². The molecule has 0 spiro atoms. The number of benzene rings is 2. The van der Waals surface area contributed by atoms with E-state index in [2.05, 4.69) is 21.1 Å². The highest BCUT2D eigenvalue weighted by Gasteiger charge is 2.03. The Morgan fingerprint density at radius 3 is 2.64 bits per heavy atom. The molecule has 0 bridgehead atoms. The van der Waals surface area contributed by atoms with Gasteiger partial charge in [-0.15, -0.1) is 0 Å². The second-order valence-corrected chi connectivity index (χ2v) is 5.22. The molecule has 0 aliphatic rings. The molecule has 0 saturated carbocycles. The number of oxime groups is 1. The summed E-state index contributed by atoms with van der Waals surface area (Å²) >= 11 is 3.36. The lowest BCUT2D eigenvalue weighted by molar-refractivity contribution is 0.216. The van der Waals surface area contributed by atoms with Gasteiger partial charge in [0.15, 0.2) is 0 Å². The quantitative estimate of drug-likeness (QED) is 0.351. The molecule has 0 atom stereocenters. The fourth-order valence-electron chi connectivity index (χ4n) is 1.82. The molecule has 0 unspecified atom stereocenters. The van der Waals surface area contributed by atoms with Gasteiger partial charge in [-0.25, -0.2) is 0 Å². The monoisotopic (exact) mass is 365 g/mol. The van der Waals surface area contributed by atoms with E-state index in [1.165, 1.54) is 6.21 Å². The third kappa shape index (κ3) is 4.66. The largest absolute Gasteiger partial charge is 0.497 e. The minimum atomic E-state index is 0.366. The van der Waals surface area contributed by atoms with Crippen molar-refractivity contribution in [1.29, 1.82) is 0 Å². The smallest absolute Gasteiger partial charge is 0.128 e. The van der Waals surface area contributed by atoms with Gasteiger partial charge < -0.3 is 19.4 Å². The van der Waals surface area contributed by atoms with Crippen LogP contribution in [0.2, 0.25) is 0 Å². The third-order valence-corrected chi connectivity index (χ3v) is 3.31. The molecule has 0 fully saturated rings. The minimum Gasteiger partial charge on any atom is -0.497 e. The molecule has 116 valence electrons. The summed E-state index contributed by atoms with van der Waals surface area (Å²) in [5.41, 5.74) is 0.679. The Kier molecular flexibility index (Phi) is 6.09. The van der Waals surface area contributed by atoms with E-state index in [4.69, 9.17) is 19.4 Å². The molecule has 0 aliphatic heterocycles. The van der Waals surface area contributed by atoms with Gasteiger partial charge in [-0.3, -0.25) is 0 Å². The molecule has 2 aromatic carbocycles. The maximum Gasteiger partial charge on any atom is 0.128 e. The summed E-state index contributed by atoms with van der Waals surface area (Å²) in [5.74, 6) is 2.08. The first-order valence-electron chi connectivity index (χ1n) is 6.59. The lowest BCUT2D eigenvalue weighted by Crippen LogP contribution is -2.10. The van der Waals surface area contributed by atoms with Gasteiger partial charge >= 0.3 is 0 Å². The summed E-state index contributed by atoms with van der Waals surface area (Å²) in [7, 11) is 1.61. The summed E-state index contributed by atoms with van der Waals surface area (Å²) in [6.07, 6.45) is 1.32. The molecular formula is C16H16BrNO4. The van der Waals surface area contributed by atoms with Gasteiger partial charge in [0.1, 0.15) is 30.5 Å². The lowest BCUT2D eigenvalue weighted by atomic mass is 10.2. The van der Waals surface area contributed by atoms with Crippen LogP contribution in [-0.2, 0) is 0 Å². The Labute approximate surface area is 137 Å². The van der Waals surface area contributed by atoms with E-state index >= 15 is 0 Å². The maximum absolute atomic E-state index is 8.67. The highest BCUT2D eigenvalue weighted by Crippen LogP contribution is 2.22. The molecule has 6 heteroatoms. The van der Waals surface area contributed by atoms with Crippen molar-refractivity contribution in [1.82, 2.24) is 0 Å². The number of hydrogen-bond donors (Lipinski definition) is 1. The Bertz CT molecular complexity index is 646. The second kappa shape index (κ2) is 8.29. The van der Waals surface area contributed by atoms with Crippen molar-refractivity contribution in [3.63, 3.8) is 0 Å². The SMILES string of the molecule is COc1cccc(OCCOc2ccc(Br)cc2C=NO)c1. The Morgan fingerprint density at radius 2 is 1.86 bits per heavy atom. The van der Waals surface area contributed by atoms with Crippen molar-refractivity contribution in [2.75, 3.05) is 20.3 Å².